The minimum atomic E-state index is -1.12. The number of anilines is 2. The Labute approximate surface area is 162 Å². The maximum atomic E-state index is 13.8. The van der Waals surface area contributed by atoms with E-state index in [0.29, 0.717) is 25.3 Å². The van der Waals surface area contributed by atoms with Crippen LogP contribution in [0.4, 0.5) is 15.9 Å². The van der Waals surface area contributed by atoms with E-state index in [2.05, 4.69) is 20.9 Å². The molecular formula is C18H23FN6O3. The van der Waals surface area contributed by atoms with Gasteiger partial charge in [0, 0.05) is 12.1 Å². The number of nitrogens with zero attached hydrogens (tertiary/aromatic N) is 4. The van der Waals surface area contributed by atoms with E-state index in [1.54, 1.807) is 6.07 Å². The van der Waals surface area contributed by atoms with Crippen LogP contribution in [0, 0.1) is 5.82 Å². The van der Waals surface area contributed by atoms with Crippen LogP contribution in [-0.4, -0.2) is 66.6 Å². The molecule has 3 N–H and O–H groups in total. The maximum Gasteiger partial charge on any atom is 0.339 e. The molecule has 150 valence electrons. The summed E-state index contributed by atoms with van der Waals surface area (Å²) in [5.41, 5.74) is 4.62. The standard InChI is InChI=1S/C18H23FN6O3/c1-24(2)7-9-28-10-8-25-15-4-3-12(19)11-14(15)17(23-25)21-16-13(18(26)27)5-6-20-22-16/h3-6,11,17,23H,7-10H2,1-2H3,(H,21,22)(H,26,27). The minimum Gasteiger partial charge on any atom is -0.478 e. The highest BCUT2D eigenvalue weighted by Crippen LogP contribution is 2.33. The lowest BCUT2D eigenvalue weighted by molar-refractivity contribution is 0.0697. The zero-order chi connectivity index (χ0) is 20.1. The second-order valence-corrected chi connectivity index (χ2v) is 6.58. The smallest absolute Gasteiger partial charge is 0.339 e. The molecule has 1 aliphatic heterocycles. The molecule has 1 aliphatic rings. The summed E-state index contributed by atoms with van der Waals surface area (Å²) in [6.07, 6.45) is 0.754. The van der Waals surface area contributed by atoms with Crippen LogP contribution in [0.3, 0.4) is 0 Å². The monoisotopic (exact) mass is 390 g/mol. The summed E-state index contributed by atoms with van der Waals surface area (Å²) in [5.74, 6) is -1.40. The van der Waals surface area contributed by atoms with E-state index in [4.69, 9.17) is 4.74 Å². The van der Waals surface area contributed by atoms with E-state index >= 15 is 0 Å². The number of ether oxygens (including phenoxy) is 1. The van der Waals surface area contributed by atoms with Gasteiger partial charge in [-0.1, -0.05) is 0 Å². The van der Waals surface area contributed by atoms with Gasteiger partial charge in [0.2, 0.25) is 0 Å². The Bertz CT molecular complexity index is 835. The number of halogens is 1. The highest BCUT2D eigenvalue weighted by molar-refractivity contribution is 5.92. The highest BCUT2D eigenvalue weighted by Gasteiger charge is 2.29. The first-order chi connectivity index (χ1) is 13.5. The van der Waals surface area contributed by atoms with Gasteiger partial charge in [-0.25, -0.2) is 14.6 Å². The summed E-state index contributed by atoms with van der Waals surface area (Å²) >= 11 is 0. The molecule has 0 saturated heterocycles. The first kappa shape index (κ1) is 19.9. The van der Waals surface area contributed by atoms with Crippen LogP contribution < -0.4 is 15.8 Å². The first-order valence-electron chi connectivity index (χ1n) is 8.83. The van der Waals surface area contributed by atoms with E-state index in [-0.39, 0.29) is 17.2 Å². The molecule has 28 heavy (non-hydrogen) atoms. The van der Waals surface area contributed by atoms with Gasteiger partial charge in [0.1, 0.15) is 17.5 Å². The van der Waals surface area contributed by atoms with Gasteiger partial charge in [0.25, 0.3) is 0 Å². The Balaban J connectivity index is 1.72. The Morgan fingerprint density at radius 2 is 2.21 bits per heavy atom. The Kier molecular flexibility index (Phi) is 6.34. The van der Waals surface area contributed by atoms with Crippen molar-refractivity contribution < 1.29 is 19.0 Å². The average Bonchev–Trinajstić information content (AvgIpc) is 2.98. The van der Waals surface area contributed by atoms with Crippen LogP contribution >= 0.6 is 0 Å². The number of aromatic nitrogens is 2. The molecule has 10 heteroatoms. The van der Waals surface area contributed by atoms with Crippen molar-refractivity contribution in [1.82, 2.24) is 20.5 Å². The van der Waals surface area contributed by atoms with Crippen molar-refractivity contribution in [3.05, 3.63) is 47.4 Å². The summed E-state index contributed by atoms with van der Waals surface area (Å²) < 4.78 is 19.4. The molecule has 1 aromatic heterocycles. The minimum absolute atomic E-state index is 0.0137. The molecule has 0 aliphatic carbocycles. The number of aromatic carboxylic acids is 1. The lowest BCUT2D eigenvalue weighted by Gasteiger charge is -2.22. The summed E-state index contributed by atoms with van der Waals surface area (Å²) in [5, 5.41) is 21.8. The quantitative estimate of drug-likeness (QED) is 0.547. The highest BCUT2D eigenvalue weighted by atomic mass is 19.1. The normalized spacial score (nSPS) is 15.7. The van der Waals surface area contributed by atoms with Gasteiger partial charge in [-0.05, 0) is 38.4 Å². The number of fused-ring (bicyclic) bond motifs is 1. The predicted octanol–water partition coefficient (Wildman–Crippen LogP) is 1.33. The molecule has 1 aromatic carbocycles. The molecule has 9 nitrogen and oxygen atoms in total. The second-order valence-electron chi connectivity index (χ2n) is 6.58. The molecule has 3 rings (SSSR count). The molecular weight excluding hydrogens is 367 g/mol. The van der Waals surface area contributed by atoms with Crippen molar-refractivity contribution in [2.24, 2.45) is 0 Å². The van der Waals surface area contributed by atoms with E-state index in [0.717, 1.165) is 12.2 Å². The molecule has 0 fully saturated rings. The Morgan fingerprint density at radius 1 is 1.39 bits per heavy atom. The SMILES string of the molecule is CN(C)CCOCCN1NC(Nc2nnccc2C(=O)O)c2cc(F)ccc21. The summed E-state index contributed by atoms with van der Waals surface area (Å²) in [4.78, 5) is 13.4. The van der Waals surface area contributed by atoms with Gasteiger partial charge in [-0.2, -0.15) is 5.10 Å². The van der Waals surface area contributed by atoms with Crippen LogP contribution in [0.5, 0.6) is 0 Å². The number of carboxylic acids is 1. The van der Waals surface area contributed by atoms with Gasteiger partial charge in [-0.3, -0.25) is 0 Å². The van der Waals surface area contributed by atoms with Crippen molar-refractivity contribution in [3.8, 4) is 0 Å². The number of nitrogens with one attached hydrogen (secondary N) is 2. The molecule has 0 amide bonds. The number of benzene rings is 1. The second kappa shape index (κ2) is 8.91. The number of carbonyl (C=O) groups is 1. The van der Waals surface area contributed by atoms with Gasteiger partial charge >= 0.3 is 5.97 Å². The van der Waals surface area contributed by atoms with Crippen molar-refractivity contribution in [3.63, 3.8) is 0 Å². The van der Waals surface area contributed by atoms with Crippen molar-refractivity contribution in [1.29, 1.82) is 0 Å². The molecule has 2 heterocycles. The first-order valence-corrected chi connectivity index (χ1v) is 8.83. The maximum absolute atomic E-state index is 13.8. The lowest BCUT2D eigenvalue weighted by Crippen LogP contribution is -2.39. The predicted molar refractivity (Wildman–Crippen MR) is 102 cm³/mol. The van der Waals surface area contributed by atoms with Gasteiger partial charge in [-0.15, -0.1) is 5.10 Å². The topological polar surface area (TPSA) is 103 Å². The number of hydrazine groups is 1. The van der Waals surface area contributed by atoms with Crippen LogP contribution in [0.2, 0.25) is 0 Å². The zero-order valence-corrected chi connectivity index (χ0v) is 15.7. The zero-order valence-electron chi connectivity index (χ0n) is 15.7. The summed E-state index contributed by atoms with van der Waals surface area (Å²) in [6, 6.07) is 5.82. The lowest BCUT2D eigenvalue weighted by atomic mass is 10.1. The fourth-order valence-electron chi connectivity index (χ4n) is 2.85. The third kappa shape index (κ3) is 4.71. The van der Waals surface area contributed by atoms with Crippen molar-refractivity contribution in [2.45, 2.75) is 6.17 Å². The van der Waals surface area contributed by atoms with Gasteiger partial charge in [0.05, 0.1) is 31.6 Å². The summed E-state index contributed by atoms with van der Waals surface area (Å²) in [6.45, 7) is 2.46. The number of likely N-dealkylation sites (N-methyl/N-ethyl adjacent to an activating group) is 1. The Morgan fingerprint density at radius 3 is 2.96 bits per heavy atom. The van der Waals surface area contributed by atoms with E-state index in [1.807, 2.05) is 24.0 Å². The van der Waals surface area contributed by atoms with Crippen molar-refractivity contribution in [2.75, 3.05) is 50.7 Å². The average molecular weight is 390 g/mol. The molecule has 0 bridgehead atoms. The molecule has 2 aromatic rings. The fourth-order valence-corrected chi connectivity index (χ4v) is 2.85. The molecule has 0 saturated carbocycles. The van der Waals surface area contributed by atoms with Crippen LogP contribution in [0.1, 0.15) is 22.1 Å². The third-order valence-corrected chi connectivity index (χ3v) is 4.25. The molecule has 0 radical (unpaired) electrons. The number of hydrogen-bond donors (Lipinski definition) is 3. The fraction of sp³-hybridized carbons (Fsp3) is 0.389. The largest absolute Gasteiger partial charge is 0.478 e. The number of carboxylic acid groups (broad SMARTS) is 1. The summed E-state index contributed by atoms with van der Waals surface area (Å²) in [7, 11) is 3.95. The van der Waals surface area contributed by atoms with Gasteiger partial charge < -0.3 is 25.1 Å². The van der Waals surface area contributed by atoms with E-state index in [1.165, 1.54) is 24.4 Å². The number of hydrogen-bond acceptors (Lipinski definition) is 8. The molecule has 1 atom stereocenters. The van der Waals surface area contributed by atoms with Crippen LogP contribution in [0.15, 0.2) is 30.5 Å². The van der Waals surface area contributed by atoms with E-state index in [9.17, 15) is 14.3 Å². The van der Waals surface area contributed by atoms with Crippen LogP contribution in [0.25, 0.3) is 0 Å². The molecule has 0 spiro atoms. The number of rotatable bonds is 9. The van der Waals surface area contributed by atoms with Crippen LogP contribution in [-0.2, 0) is 4.74 Å². The molecule has 1 unspecified atom stereocenters. The Hall–Kier alpha value is -2.82. The third-order valence-electron chi connectivity index (χ3n) is 4.25. The van der Waals surface area contributed by atoms with Crippen molar-refractivity contribution >= 4 is 17.5 Å². The van der Waals surface area contributed by atoms with E-state index < -0.39 is 12.1 Å². The van der Waals surface area contributed by atoms with Gasteiger partial charge in [0.15, 0.2) is 5.82 Å².